The van der Waals surface area contributed by atoms with Crippen LogP contribution in [0.3, 0.4) is 0 Å². The van der Waals surface area contributed by atoms with Crippen LogP contribution < -0.4 is 4.90 Å². The third kappa shape index (κ3) is 3.07. The molecule has 1 amide bonds. The Balaban J connectivity index is 2.22. The number of hydrogen-bond acceptors (Lipinski definition) is 2. The number of benzene rings is 1. The number of amides is 1. The van der Waals surface area contributed by atoms with Crippen LogP contribution in [0.15, 0.2) is 18.2 Å². The monoisotopic (exact) mass is 307 g/mol. The Morgan fingerprint density at radius 1 is 1.45 bits per heavy atom. The summed E-state index contributed by atoms with van der Waals surface area (Å²) in [6, 6.07) is 2.95. The number of ether oxygens (including phenoxy) is 1. The normalized spacial score (nSPS) is 19.1. The molecule has 1 aliphatic heterocycles. The van der Waals surface area contributed by atoms with E-state index in [1.807, 2.05) is 0 Å². The Morgan fingerprint density at radius 3 is 2.65 bits per heavy atom. The Kier molecular flexibility index (Phi) is 4.25. The molecule has 0 radical (unpaired) electrons. The summed E-state index contributed by atoms with van der Waals surface area (Å²) in [6.45, 7) is 0.854. The quantitative estimate of drug-likeness (QED) is 0.838. The maximum atomic E-state index is 12.5. The van der Waals surface area contributed by atoms with Gasteiger partial charge in [0.25, 0.3) is 0 Å². The first kappa shape index (κ1) is 15.1. The van der Waals surface area contributed by atoms with Crippen molar-refractivity contribution in [2.24, 2.45) is 5.92 Å². The van der Waals surface area contributed by atoms with E-state index in [-0.39, 0.29) is 22.5 Å². The molecule has 20 heavy (non-hydrogen) atoms. The molecule has 0 aromatic heterocycles. The molecular weight excluding hydrogens is 295 g/mol. The van der Waals surface area contributed by atoms with Crippen LogP contribution in [0.2, 0.25) is 5.02 Å². The molecule has 3 nitrogen and oxygen atoms in total. The van der Waals surface area contributed by atoms with E-state index in [1.165, 1.54) is 18.0 Å². The van der Waals surface area contributed by atoms with E-state index in [4.69, 9.17) is 16.3 Å². The molecule has 1 saturated heterocycles. The van der Waals surface area contributed by atoms with Crippen LogP contribution in [0.1, 0.15) is 12.0 Å². The third-order valence-corrected chi connectivity index (χ3v) is 3.55. The van der Waals surface area contributed by atoms with Gasteiger partial charge in [0.15, 0.2) is 0 Å². The van der Waals surface area contributed by atoms with Crippen molar-refractivity contribution in [3.8, 4) is 0 Å². The minimum absolute atomic E-state index is 0.102. The van der Waals surface area contributed by atoms with E-state index in [2.05, 4.69) is 0 Å². The first-order valence-electron chi connectivity index (χ1n) is 6.03. The number of halogens is 4. The average molecular weight is 308 g/mol. The van der Waals surface area contributed by atoms with Gasteiger partial charge in [0, 0.05) is 13.7 Å². The van der Waals surface area contributed by atoms with E-state index in [0.717, 1.165) is 12.1 Å². The SMILES string of the molecule is CN(C(=O)[C@@H]1CCOC1)c1ccc(C(F)(F)F)cc1Cl. The number of rotatable bonds is 2. The number of alkyl halides is 3. The molecule has 0 aliphatic carbocycles. The number of carbonyl (C=O) groups excluding carboxylic acids is 1. The standard InChI is InChI=1S/C13H13ClF3NO2/c1-18(12(19)8-4-5-20-7-8)11-3-2-9(6-10(11)14)13(15,16)17/h2-3,6,8H,4-5,7H2,1H3/t8-/m1/s1. The second kappa shape index (κ2) is 5.61. The van der Waals surface area contributed by atoms with Crippen molar-refractivity contribution in [2.45, 2.75) is 12.6 Å². The van der Waals surface area contributed by atoms with Crippen LogP contribution in [-0.2, 0) is 15.7 Å². The molecule has 0 spiro atoms. The van der Waals surface area contributed by atoms with E-state index < -0.39 is 11.7 Å². The maximum absolute atomic E-state index is 12.5. The number of carbonyl (C=O) groups is 1. The highest BCUT2D eigenvalue weighted by atomic mass is 35.5. The van der Waals surface area contributed by atoms with E-state index in [0.29, 0.717) is 19.6 Å². The molecule has 0 saturated carbocycles. The van der Waals surface area contributed by atoms with Crippen molar-refractivity contribution in [3.05, 3.63) is 28.8 Å². The summed E-state index contributed by atoms with van der Waals surface area (Å²) in [7, 11) is 1.50. The van der Waals surface area contributed by atoms with Crippen LogP contribution in [0.5, 0.6) is 0 Å². The van der Waals surface area contributed by atoms with Crippen molar-refractivity contribution in [1.82, 2.24) is 0 Å². The fourth-order valence-electron chi connectivity index (χ4n) is 2.08. The lowest BCUT2D eigenvalue weighted by Gasteiger charge is -2.22. The van der Waals surface area contributed by atoms with Gasteiger partial charge in [-0.1, -0.05) is 11.6 Å². The van der Waals surface area contributed by atoms with Crippen LogP contribution >= 0.6 is 11.6 Å². The fourth-order valence-corrected chi connectivity index (χ4v) is 2.38. The summed E-state index contributed by atoms with van der Waals surface area (Å²) >= 11 is 5.86. The molecule has 1 aliphatic rings. The van der Waals surface area contributed by atoms with Gasteiger partial charge < -0.3 is 9.64 Å². The number of nitrogens with zero attached hydrogens (tertiary/aromatic N) is 1. The third-order valence-electron chi connectivity index (χ3n) is 3.25. The van der Waals surface area contributed by atoms with Gasteiger partial charge in [-0.15, -0.1) is 0 Å². The predicted molar refractivity (Wildman–Crippen MR) is 68.8 cm³/mol. The molecule has 7 heteroatoms. The van der Waals surface area contributed by atoms with Crippen LogP contribution in [-0.4, -0.2) is 26.2 Å². The zero-order chi connectivity index (χ0) is 14.9. The Hall–Kier alpha value is -1.27. The smallest absolute Gasteiger partial charge is 0.381 e. The van der Waals surface area contributed by atoms with Crippen molar-refractivity contribution in [1.29, 1.82) is 0 Å². The number of anilines is 1. The summed E-state index contributed by atoms with van der Waals surface area (Å²) in [4.78, 5) is 13.4. The molecule has 1 fully saturated rings. The van der Waals surface area contributed by atoms with Gasteiger partial charge in [-0.3, -0.25) is 4.79 Å². The highest BCUT2D eigenvalue weighted by Crippen LogP contribution is 2.35. The molecule has 2 rings (SSSR count). The van der Waals surface area contributed by atoms with E-state index in [9.17, 15) is 18.0 Å². The van der Waals surface area contributed by atoms with Gasteiger partial charge in [-0.2, -0.15) is 13.2 Å². The summed E-state index contributed by atoms with van der Waals surface area (Å²) in [6.07, 6.45) is -3.84. The van der Waals surface area contributed by atoms with Crippen LogP contribution in [0.25, 0.3) is 0 Å². The largest absolute Gasteiger partial charge is 0.416 e. The van der Waals surface area contributed by atoms with E-state index in [1.54, 1.807) is 0 Å². The van der Waals surface area contributed by atoms with Gasteiger partial charge in [0.2, 0.25) is 5.91 Å². The minimum atomic E-state index is -4.45. The van der Waals surface area contributed by atoms with Gasteiger partial charge >= 0.3 is 6.18 Å². The first-order valence-corrected chi connectivity index (χ1v) is 6.40. The zero-order valence-electron chi connectivity index (χ0n) is 10.7. The van der Waals surface area contributed by atoms with Crippen molar-refractivity contribution < 1.29 is 22.7 Å². The van der Waals surface area contributed by atoms with Crippen molar-refractivity contribution in [2.75, 3.05) is 25.2 Å². The summed E-state index contributed by atoms with van der Waals surface area (Å²) in [5.41, 5.74) is -0.576. The molecular formula is C13H13ClF3NO2. The molecule has 1 aromatic carbocycles. The average Bonchev–Trinajstić information content (AvgIpc) is 2.89. The summed E-state index contributed by atoms with van der Waals surface area (Å²) in [5, 5.41) is -0.102. The van der Waals surface area contributed by atoms with Crippen molar-refractivity contribution >= 4 is 23.2 Å². The second-order valence-electron chi connectivity index (χ2n) is 4.62. The van der Waals surface area contributed by atoms with Gasteiger partial charge in [0.1, 0.15) is 0 Å². The lowest BCUT2D eigenvalue weighted by Crippen LogP contribution is -2.33. The van der Waals surface area contributed by atoms with Gasteiger partial charge in [0.05, 0.1) is 28.8 Å². The molecule has 0 N–H and O–H groups in total. The second-order valence-corrected chi connectivity index (χ2v) is 5.03. The Morgan fingerprint density at radius 2 is 2.15 bits per heavy atom. The van der Waals surface area contributed by atoms with E-state index >= 15 is 0 Å². The maximum Gasteiger partial charge on any atom is 0.416 e. The number of hydrogen-bond donors (Lipinski definition) is 0. The summed E-state index contributed by atoms with van der Waals surface area (Å²) in [5.74, 6) is -0.470. The molecule has 110 valence electrons. The highest BCUT2D eigenvalue weighted by Gasteiger charge is 2.32. The van der Waals surface area contributed by atoms with Crippen LogP contribution in [0.4, 0.5) is 18.9 Å². The lowest BCUT2D eigenvalue weighted by molar-refractivity contribution is -0.137. The molecule has 1 atom stereocenters. The van der Waals surface area contributed by atoms with Gasteiger partial charge in [-0.05, 0) is 24.6 Å². The Labute approximate surface area is 119 Å². The lowest BCUT2D eigenvalue weighted by atomic mass is 10.1. The molecule has 0 bridgehead atoms. The van der Waals surface area contributed by atoms with Crippen LogP contribution in [0, 0.1) is 5.92 Å². The predicted octanol–water partition coefficient (Wildman–Crippen LogP) is 3.36. The molecule has 1 heterocycles. The zero-order valence-corrected chi connectivity index (χ0v) is 11.5. The highest BCUT2D eigenvalue weighted by molar-refractivity contribution is 6.33. The summed E-state index contributed by atoms with van der Waals surface area (Å²) < 4.78 is 42.8. The fraction of sp³-hybridized carbons (Fsp3) is 0.462. The molecule has 0 unspecified atom stereocenters. The Bertz CT molecular complexity index is 513. The molecule has 1 aromatic rings. The first-order chi connectivity index (χ1) is 9.30. The topological polar surface area (TPSA) is 29.5 Å². The van der Waals surface area contributed by atoms with Crippen molar-refractivity contribution in [3.63, 3.8) is 0 Å². The minimum Gasteiger partial charge on any atom is -0.381 e. The van der Waals surface area contributed by atoms with Gasteiger partial charge in [-0.25, -0.2) is 0 Å².